The summed E-state index contributed by atoms with van der Waals surface area (Å²) < 4.78 is 10.5. The van der Waals surface area contributed by atoms with E-state index in [9.17, 15) is 4.79 Å². The lowest BCUT2D eigenvalue weighted by molar-refractivity contribution is -0.112. The number of H-pyrrole nitrogens is 1. The average molecular weight is 405 g/mol. The van der Waals surface area contributed by atoms with Crippen molar-refractivity contribution in [2.45, 2.75) is 45.6 Å². The number of methoxy groups -OCH3 is 2. The second kappa shape index (κ2) is 12.8. The minimum absolute atomic E-state index is 0. The number of benzene rings is 1. The van der Waals surface area contributed by atoms with Gasteiger partial charge in [-0.15, -0.1) is 0 Å². The second-order valence-electron chi connectivity index (χ2n) is 6.93. The van der Waals surface area contributed by atoms with Crippen molar-refractivity contribution in [1.29, 1.82) is 0 Å². The normalized spacial score (nSPS) is 16.1. The minimum atomic E-state index is 0. The Kier molecular flexibility index (Phi) is 10.8. The number of likely N-dealkylation sites (tertiary alicyclic amines) is 1. The second-order valence-corrected chi connectivity index (χ2v) is 6.93. The number of ether oxygens (including phenoxy) is 2. The number of nitrogens with one attached hydrogen (secondary N) is 2. The molecule has 7 nitrogen and oxygen atoms in total. The Hall–Kier alpha value is -2.54. The number of hydrogen-bond acceptors (Lipinski definition) is 6. The van der Waals surface area contributed by atoms with Crippen molar-refractivity contribution in [3.8, 4) is 11.5 Å². The van der Waals surface area contributed by atoms with Crippen LogP contribution in [0.3, 0.4) is 0 Å². The van der Waals surface area contributed by atoms with Gasteiger partial charge < -0.3 is 19.6 Å². The minimum Gasteiger partial charge on any atom is -0.497 e. The van der Waals surface area contributed by atoms with Crippen molar-refractivity contribution in [3.63, 3.8) is 0 Å². The quantitative estimate of drug-likeness (QED) is 0.687. The van der Waals surface area contributed by atoms with Gasteiger partial charge in [-0.1, -0.05) is 13.8 Å². The average Bonchev–Trinajstić information content (AvgIpc) is 3.21. The van der Waals surface area contributed by atoms with Gasteiger partial charge in [0.25, 0.3) is 0 Å². The van der Waals surface area contributed by atoms with Crippen LogP contribution in [0.25, 0.3) is 0 Å². The number of aromatic amines is 1. The van der Waals surface area contributed by atoms with Gasteiger partial charge in [0.15, 0.2) is 0 Å². The maximum absolute atomic E-state index is 10.3. The molecule has 1 fully saturated rings. The molecule has 1 unspecified atom stereocenters. The summed E-state index contributed by atoms with van der Waals surface area (Å²) in [6.45, 7) is 1.09. The fourth-order valence-corrected chi connectivity index (χ4v) is 3.18. The third kappa shape index (κ3) is 7.77. The van der Waals surface area contributed by atoms with Gasteiger partial charge >= 0.3 is 0 Å². The standard InChI is InChI=1S/C14H19N3O2.C7H13NO.CH4/c1-15-14-8-11(16-17-14)5-4-10-6-12(18-2)9-13(7-10)19-3;1-8-5-3-2-4-7(8)6-9;/h6-9H,4-5H2,1-3H3,(H2,15,16,17);6-7H,2-5H2,1H3;1H4. The van der Waals surface area contributed by atoms with E-state index < -0.39 is 0 Å². The third-order valence-electron chi connectivity index (χ3n) is 4.97. The maximum Gasteiger partial charge on any atom is 0.147 e. The molecule has 162 valence electrons. The first kappa shape index (κ1) is 24.5. The Balaban J connectivity index is 0.000000355. The molecule has 29 heavy (non-hydrogen) atoms. The van der Waals surface area contributed by atoms with Gasteiger partial charge in [-0.05, 0) is 57.0 Å². The van der Waals surface area contributed by atoms with Gasteiger partial charge in [0.2, 0.25) is 0 Å². The molecule has 0 amide bonds. The van der Waals surface area contributed by atoms with Crippen molar-refractivity contribution in [2.75, 3.05) is 40.2 Å². The van der Waals surface area contributed by atoms with E-state index >= 15 is 0 Å². The molecule has 1 aliphatic rings. The van der Waals surface area contributed by atoms with E-state index in [4.69, 9.17) is 9.47 Å². The highest BCUT2D eigenvalue weighted by Crippen LogP contribution is 2.23. The fraction of sp³-hybridized carbons (Fsp3) is 0.545. The van der Waals surface area contributed by atoms with Gasteiger partial charge in [0.05, 0.1) is 20.3 Å². The summed E-state index contributed by atoms with van der Waals surface area (Å²) >= 11 is 0. The topological polar surface area (TPSA) is 79.5 Å². The Bertz CT molecular complexity index is 710. The molecule has 0 aliphatic carbocycles. The fourth-order valence-electron chi connectivity index (χ4n) is 3.18. The molecule has 0 radical (unpaired) electrons. The summed E-state index contributed by atoms with van der Waals surface area (Å²) in [7, 11) is 7.18. The zero-order valence-corrected chi connectivity index (χ0v) is 17.3. The summed E-state index contributed by atoms with van der Waals surface area (Å²) in [5.74, 6) is 2.49. The molecule has 1 saturated heterocycles. The third-order valence-corrected chi connectivity index (χ3v) is 4.97. The summed E-state index contributed by atoms with van der Waals surface area (Å²) in [5, 5.41) is 10.1. The first-order valence-electron chi connectivity index (χ1n) is 9.69. The lowest BCUT2D eigenvalue weighted by atomic mass is 10.0. The molecule has 0 saturated carbocycles. The molecule has 7 heteroatoms. The number of likely N-dealkylation sites (N-methyl/N-ethyl adjacent to an activating group) is 1. The molecular formula is C22H36N4O3. The van der Waals surface area contributed by atoms with Crippen LogP contribution in [0.1, 0.15) is 37.9 Å². The van der Waals surface area contributed by atoms with Crippen molar-refractivity contribution < 1.29 is 14.3 Å². The number of piperidine rings is 1. The summed E-state index contributed by atoms with van der Waals surface area (Å²) in [5.41, 5.74) is 2.28. The predicted octanol–water partition coefficient (Wildman–Crippen LogP) is 3.56. The van der Waals surface area contributed by atoms with Gasteiger partial charge in [-0.25, -0.2) is 0 Å². The summed E-state index contributed by atoms with van der Waals surface area (Å²) in [4.78, 5) is 12.5. The molecule has 1 aromatic carbocycles. The van der Waals surface area contributed by atoms with Crippen LogP contribution in [0.5, 0.6) is 11.5 Å². The van der Waals surface area contributed by atoms with Gasteiger partial charge in [0.1, 0.15) is 23.6 Å². The Morgan fingerprint density at radius 2 is 1.86 bits per heavy atom. The van der Waals surface area contributed by atoms with Gasteiger partial charge in [-0.3, -0.25) is 10.00 Å². The number of aromatic nitrogens is 2. The lowest BCUT2D eigenvalue weighted by Crippen LogP contribution is -2.37. The molecule has 2 heterocycles. The highest BCUT2D eigenvalue weighted by Gasteiger charge is 2.16. The first-order chi connectivity index (χ1) is 13.6. The molecule has 3 rings (SSSR count). The molecule has 0 spiro atoms. The van der Waals surface area contributed by atoms with E-state index in [-0.39, 0.29) is 13.5 Å². The van der Waals surface area contributed by atoms with Crippen LogP contribution in [0.15, 0.2) is 24.3 Å². The van der Waals surface area contributed by atoms with E-state index in [1.54, 1.807) is 14.2 Å². The van der Waals surface area contributed by atoms with E-state index in [1.807, 2.05) is 38.4 Å². The number of nitrogens with zero attached hydrogens (tertiary/aromatic N) is 2. The van der Waals surface area contributed by atoms with Gasteiger partial charge in [-0.2, -0.15) is 5.10 Å². The van der Waals surface area contributed by atoms with E-state index in [1.165, 1.54) is 18.4 Å². The number of carbonyl (C=O) groups excluding carboxylic acids is 1. The Morgan fingerprint density at radius 3 is 2.34 bits per heavy atom. The summed E-state index contributed by atoms with van der Waals surface area (Å²) in [6.07, 6.45) is 6.37. The zero-order chi connectivity index (χ0) is 20.4. The van der Waals surface area contributed by atoms with E-state index in [0.717, 1.165) is 55.1 Å². The van der Waals surface area contributed by atoms with Crippen molar-refractivity contribution >= 4 is 12.1 Å². The Morgan fingerprint density at radius 1 is 1.17 bits per heavy atom. The monoisotopic (exact) mass is 404 g/mol. The molecule has 1 aromatic heterocycles. The van der Waals surface area contributed by atoms with Crippen LogP contribution in [0.2, 0.25) is 0 Å². The van der Waals surface area contributed by atoms with Crippen LogP contribution >= 0.6 is 0 Å². The molecular weight excluding hydrogens is 368 g/mol. The largest absolute Gasteiger partial charge is 0.497 e. The molecule has 2 N–H and O–H groups in total. The molecule has 0 bridgehead atoms. The molecule has 2 aromatic rings. The smallest absolute Gasteiger partial charge is 0.147 e. The number of aldehydes is 1. The molecule has 1 aliphatic heterocycles. The van der Waals surface area contributed by atoms with Crippen molar-refractivity contribution in [3.05, 3.63) is 35.5 Å². The highest BCUT2D eigenvalue weighted by molar-refractivity contribution is 5.57. The summed E-state index contributed by atoms with van der Waals surface area (Å²) in [6, 6.07) is 8.14. The zero-order valence-electron chi connectivity index (χ0n) is 17.3. The number of carbonyl (C=O) groups is 1. The van der Waals surface area contributed by atoms with Crippen LogP contribution in [-0.2, 0) is 17.6 Å². The van der Waals surface area contributed by atoms with Gasteiger partial charge in [0, 0.05) is 24.9 Å². The maximum atomic E-state index is 10.3. The number of rotatable bonds is 7. The van der Waals surface area contributed by atoms with Crippen molar-refractivity contribution in [2.24, 2.45) is 0 Å². The first-order valence-corrected chi connectivity index (χ1v) is 9.69. The van der Waals surface area contributed by atoms with E-state index in [2.05, 4.69) is 20.4 Å². The van der Waals surface area contributed by atoms with Crippen LogP contribution in [0.4, 0.5) is 5.82 Å². The van der Waals surface area contributed by atoms with Crippen LogP contribution < -0.4 is 14.8 Å². The lowest BCUT2D eigenvalue weighted by Gasteiger charge is -2.27. The number of hydrogen-bond donors (Lipinski definition) is 2. The predicted molar refractivity (Wildman–Crippen MR) is 118 cm³/mol. The van der Waals surface area contributed by atoms with E-state index in [0.29, 0.717) is 0 Å². The molecule has 1 atom stereocenters. The van der Waals surface area contributed by atoms with Crippen LogP contribution in [-0.4, -0.2) is 62.3 Å². The van der Waals surface area contributed by atoms with Crippen LogP contribution in [0, 0.1) is 0 Å². The Labute approximate surface area is 174 Å². The number of anilines is 1. The number of aryl methyl sites for hydroxylation is 2. The SMILES string of the molecule is C.CN1CCCCC1C=O.CNc1cc(CCc2cc(OC)cc(OC)c2)[nH]n1. The van der Waals surface area contributed by atoms with Crippen molar-refractivity contribution in [1.82, 2.24) is 15.1 Å². The highest BCUT2D eigenvalue weighted by atomic mass is 16.5.